The van der Waals surface area contributed by atoms with E-state index in [2.05, 4.69) is 38.6 Å². The molecule has 1 N–H and O–H groups in total. The maximum atomic E-state index is 5.68. The molecule has 3 aromatic rings. The van der Waals surface area contributed by atoms with E-state index in [1.165, 1.54) is 5.56 Å². The fourth-order valence-electron chi connectivity index (χ4n) is 2.86. The van der Waals surface area contributed by atoms with E-state index in [0.717, 1.165) is 46.7 Å². The van der Waals surface area contributed by atoms with Crippen molar-refractivity contribution >= 4 is 15.9 Å². The van der Waals surface area contributed by atoms with Crippen LogP contribution in [0.5, 0.6) is 11.5 Å². The highest BCUT2D eigenvalue weighted by molar-refractivity contribution is 9.10. The predicted molar refractivity (Wildman–Crippen MR) is 111 cm³/mol. The normalized spacial score (nSPS) is 10.8. The molecule has 2 aromatic carbocycles. The second kappa shape index (κ2) is 9.58. The van der Waals surface area contributed by atoms with Gasteiger partial charge in [0.2, 0.25) is 0 Å². The van der Waals surface area contributed by atoms with E-state index < -0.39 is 0 Å². The molecule has 0 atom stereocenters. The zero-order valence-electron chi connectivity index (χ0n) is 15.6. The minimum absolute atomic E-state index is 0.602. The van der Waals surface area contributed by atoms with Gasteiger partial charge in [-0.25, -0.2) is 4.68 Å². The zero-order chi connectivity index (χ0) is 19.1. The van der Waals surface area contributed by atoms with Crippen molar-refractivity contribution in [1.29, 1.82) is 0 Å². The number of hydrogen-bond acceptors (Lipinski definition) is 4. The van der Waals surface area contributed by atoms with Gasteiger partial charge in [0.25, 0.3) is 0 Å². The Morgan fingerprint density at radius 3 is 2.70 bits per heavy atom. The molecule has 0 amide bonds. The third-order valence-corrected chi connectivity index (χ3v) is 4.74. The van der Waals surface area contributed by atoms with Crippen LogP contribution < -0.4 is 14.8 Å². The summed E-state index contributed by atoms with van der Waals surface area (Å²) >= 11 is 3.55. The van der Waals surface area contributed by atoms with E-state index in [1.807, 2.05) is 54.2 Å². The molecule has 6 heteroatoms. The molecule has 0 saturated carbocycles. The van der Waals surface area contributed by atoms with Crippen LogP contribution in [0.3, 0.4) is 0 Å². The van der Waals surface area contributed by atoms with E-state index >= 15 is 0 Å². The number of benzene rings is 2. The van der Waals surface area contributed by atoms with Gasteiger partial charge in [-0.3, -0.25) is 0 Å². The van der Waals surface area contributed by atoms with Crippen molar-refractivity contribution in [3.63, 3.8) is 0 Å². The number of aromatic nitrogens is 2. The predicted octanol–water partition coefficient (Wildman–Crippen LogP) is 4.37. The van der Waals surface area contributed by atoms with Gasteiger partial charge >= 0.3 is 0 Å². The number of para-hydroxylation sites is 1. The minimum atomic E-state index is 0.602. The van der Waals surface area contributed by atoms with Crippen molar-refractivity contribution < 1.29 is 9.47 Å². The maximum absolute atomic E-state index is 5.68. The number of rotatable bonds is 9. The zero-order valence-corrected chi connectivity index (χ0v) is 17.2. The second-order valence-electron chi connectivity index (χ2n) is 6.10. The van der Waals surface area contributed by atoms with Crippen LogP contribution in [0.2, 0.25) is 0 Å². The van der Waals surface area contributed by atoms with Crippen LogP contribution in [0.1, 0.15) is 18.1 Å². The summed E-state index contributed by atoms with van der Waals surface area (Å²) < 4.78 is 13.9. The Hall–Kier alpha value is -2.31. The van der Waals surface area contributed by atoms with Crippen LogP contribution >= 0.6 is 15.9 Å². The molecule has 1 aromatic heterocycles. The lowest BCUT2D eigenvalue weighted by Crippen LogP contribution is -2.16. The van der Waals surface area contributed by atoms with Crippen molar-refractivity contribution in [1.82, 2.24) is 15.1 Å². The molecule has 0 radical (unpaired) electrons. The Morgan fingerprint density at radius 1 is 1.15 bits per heavy atom. The number of halogens is 1. The second-order valence-corrected chi connectivity index (χ2v) is 6.95. The number of nitrogens with one attached hydrogen (secondary N) is 1. The summed E-state index contributed by atoms with van der Waals surface area (Å²) in [7, 11) is 1.65. The Bertz CT molecular complexity index is 865. The highest BCUT2D eigenvalue weighted by Gasteiger charge is 2.11. The van der Waals surface area contributed by atoms with Crippen LogP contribution in [0.4, 0.5) is 0 Å². The van der Waals surface area contributed by atoms with Gasteiger partial charge in [0.1, 0.15) is 0 Å². The minimum Gasteiger partial charge on any atom is -0.492 e. The summed E-state index contributed by atoms with van der Waals surface area (Å²) in [6, 6.07) is 14.2. The van der Waals surface area contributed by atoms with Gasteiger partial charge < -0.3 is 14.8 Å². The molecule has 0 saturated heterocycles. The van der Waals surface area contributed by atoms with E-state index in [1.54, 1.807) is 7.11 Å². The van der Waals surface area contributed by atoms with Crippen molar-refractivity contribution in [2.75, 3.05) is 20.3 Å². The van der Waals surface area contributed by atoms with Crippen LogP contribution in [0.25, 0.3) is 5.69 Å². The molecule has 142 valence electrons. The highest BCUT2D eigenvalue weighted by atomic mass is 79.9. The van der Waals surface area contributed by atoms with Crippen LogP contribution in [0.15, 0.2) is 59.3 Å². The van der Waals surface area contributed by atoms with Crippen molar-refractivity contribution in [3.05, 3.63) is 70.5 Å². The number of ether oxygens (including phenoxy) is 2. The number of hydrogen-bond donors (Lipinski definition) is 1. The fourth-order valence-corrected chi connectivity index (χ4v) is 3.51. The van der Waals surface area contributed by atoms with Crippen LogP contribution in [0, 0.1) is 0 Å². The molecule has 27 heavy (non-hydrogen) atoms. The monoisotopic (exact) mass is 429 g/mol. The first-order valence-electron chi connectivity index (χ1n) is 9.00. The molecule has 3 rings (SSSR count). The Kier molecular flexibility index (Phi) is 6.90. The first kappa shape index (κ1) is 19.5. The molecule has 0 bridgehead atoms. The van der Waals surface area contributed by atoms with Crippen molar-refractivity contribution in [2.45, 2.75) is 19.9 Å². The maximum Gasteiger partial charge on any atom is 0.174 e. The summed E-state index contributed by atoms with van der Waals surface area (Å²) in [6.07, 6.45) is 4.92. The van der Waals surface area contributed by atoms with E-state index in [4.69, 9.17) is 9.47 Å². The van der Waals surface area contributed by atoms with E-state index in [0.29, 0.717) is 6.61 Å². The molecule has 0 aliphatic heterocycles. The third-order valence-electron chi connectivity index (χ3n) is 4.15. The Labute approximate surface area is 168 Å². The smallest absolute Gasteiger partial charge is 0.174 e. The Morgan fingerprint density at radius 2 is 1.96 bits per heavy atom. The molecule has 0 fully saturated rings. The molecule has 0 unspecified atom stereocenters. The Balaban J connectivity index is 1.54. The topological polar surface area (TPSA) is 48.3 Å². The highest BCUT2D eigenvalue weighted by Crippen LogP contribution is 2.36. The summed E-state index contributed by atoms with van der Waals surface area (Å²) in [5.41, 5.74) is 3.42. The van der Waals surface area contributed by atoms with Gasteiger partial charge in [0.05, 0.1) is 30.1 Å². The first-order chi connectivity index (χ1) is 13.2. The molecule has 5 nitrogen and oxygen atoms in total. The molecular weight excluding hydrogens is 406 g/mol. The number of nitrogens with zero attached hydrogens (tertiary/aromatic N) is 2. The van der Waals surface area contributed by atoms with Crippen LogP contribution in [-0.4, -0.2) is 30.0 Å². The van der Waals surface area contributed by atoms with Gasteiger partial charge in [-0.2, -0.15) is 5.10 Å². The lowest BCUT2D eigenvalue weighted by Gasteiger charge is -2.13. The third kappa shape index (κ3) is 5.11. The molecule has 0 spiro atoms. The quantitative estimate of drug-likeness (QED) is 0.512. The van der Waals surface area contributed by atoms with Gasteiger partial charge in [0, 0.05) is 12.7 Å². The van der Waals surface area contributed by atoms with E-state index in [9.17, 15) is 0 Å². The largest absolute Gasteiger partial charge is 0.492 e. The average Bonchev–Trinajstić information content (AvgIpc) is 3.15. The van der Waals surface area contributed by atoms with Crippen LogP contribution in [-0.2, 0) is 13.0 Å². The van der Waals surface area contributed by atoms with Gasteiger partial charge in [-0.1, -0.05) is 18.2 Å². The molecule has 0 aliphatic rings. The molecular formula is C21H24BrN3O2. The van der Waals surface area contributed by atoms with Gasteiger partial charge in [0.15, 0.2) is 11.5 Å². The van der Waals surface area contributed by atoms with E-state index in [-0.39, 0.29) is 0 Å². The standard InChI is InChI=1S/C21H24BrN3O2/c1-3-27-20-12-17(11-19(22)21(20)26-2)13-23-10-9-16-14-24-25(15-16)18-7-5-4-6-8-18/h4-8,11-12,14-15,23H,3,9-10,13H2,1-2H3. The first-order valence-corrected chi connectivity index (χ1v) is 9.79. The summed E-state index contributed by atoms with van der Waals surface area (Å²) in [5.74, 6) is 1.49. The van der Waals surface area contributed by atoms with Crippen molar-refractivity contribution in [2.24, 2.45) is 0 Å². The SMILES string of the molecule is CCOc1cc(CNCCc2cnn(-c3ccccc3)c2)cc(Br)c1OC. The lowest BCUT2D eigenvalue weighted by molar-refractivity contribution is 0.309. The summed E-state index contributed by atoms with van der Waals surface area (Å²) in [5, 5.41) is 7.92. The molecule has 1 heterocycles. The number of methoxy groups -OCH3 is 1. The fraction of sp³-hybridized carbons (Fsp3) is 0.286. The van der Waals surface area contributed by atoms with Gasteiger partial charge in [-0.05, 0) is 71.2 Å². The van der Waals surface area contributed by atoms with Crippen molar-refractivity contribution in [3.8, 4) is 17.2 Å². The molecule has 0 aliphatic carbocycles. The summed E-state index contributed by atoms with van der Waals surface area (Å²) in [4.78, 5) is 0. The summed E-state index contributed by atoms with van der Waals surface area (Å²) in [6.45, 7) is 4.20. The lowest BCUT2D eigenvalue weighted by atomic mass is 10.2. The van der Waals surface area contributed by atoms with Gasteiger partial charge in [-0.15, -0.1) is 0 Å². The average molecular weight is 430 g/mol.